The number of phenols is 1. The lowest BCUT2D eigenvalue weighted by Gasteiger charge is -2.48. The van der Waals surface area contributed by atoms with Crippen molar-refractivity contribution in [2.45, 2.75) is 25.0 Å². The molecule has 0 unspecified atom stereocenters. The van der Waals surface area contributed by atoms with Crippen molar-refractivity contribution >= 4 is 11.6 Å². The Morgan fingerprint density at radius 1 is 0.750 bits per heavy atom. The highest BCUT2D eigenvalue weighted by Crippen LogP contribution is 2.46. The number of halogens is 2. The minimum absolute atomic E-state index is 0.0828. The van der Waals surface area contributed by atoms with Gasteiger partial charge < -0.3 is 15.1 Å². The summed E-state index contributed by atoms with van der Waals surface area (Å²) in [7, 11) is 0. The van der Waals surface area contributed by atoms with Crippen molar-refractivity contribution in [2.24, 2.45) is 5.92 Å². The van der Waals surface area contributed by atoms with Gasteiger partial charge in [-0.2, -0.15) is 0 Å². The van der Waals surface area contributed by atoms with Gasteiger partial charge in [-0.3, -0.25) is 4.79 Å². The zero-order valence-electron chi connectivity index (χ0n) is 19.4. The minimum atomic E-state index is -0.809. The number of aliphatic hydroxyl groups excluding tert-OH is 1. The number of carbonyl (C=O) groups is 1. The molecule has 1 fully saturated rings. The van der Waals surface area contributed by atoms with E-state index >= 15 is 0 Å². The van der Waals surface area contributed by atoms with Crippen molar-refractivity contribution in [3.05, 3.63) is 120 Å². The first-order valence-electron chi connectivity index (χ1n) is 11.8. The van der Waals surface area contributed by atoms with E-state index in [0.29, 0.717) is 24.1 Å². The summed E-state index contributed by atoms with van der Waals surface area (Å²) >= 11 is 0. The van der Waals surface area contributed by atoms with E-state index in [9.17, 15) is 23.8 Å². The van der Waals surface area contributed by atoms with Crippen molar-refractivity contribution in [3.8, 4) is 16.9 Å². The Labute approximate surface area is 208 Å². The van der Waals surface area contributed by atoms with Crippen LogP contribution >= 0.6 is 0 Å². The lowest BCUT2D eigenvalue weighted by atomic mass is 9.78. The van der Waals surface area contributed by atoms with Gasteiger partial charge in [-0.1, -0.05) is 48.5 Å². The highest BCUT2D eigenvalue weighted by atomic mass is 19.1. The van der Waals surface area contributed by atoms with Crippen LogP contribution in [0.5, 0.6) is 5.75 Å². The topological polar surface area (TPSA) is 60.8 Å². The number of phenolic OH excluding ortho intramolecular Hbond substituents is 1. The van der Waals surface area contributed by atoms with Crippen molar-refractivity contribution in [1.82, 2.24) is 0 Å². The largest absolute Gasteiger partial charge is 0.508 e. The van der Waals surface area contributed by atoms with Gasteiger partial charge in [-0.25, -0.2) is 8.78 Å². The highest BCUT2D eigenvalue weighted by Gasteiger charge is 2.48. The number of aromatic hydroxyl groups is 1. The predicted molar refractivity (Wildman–Crippen MR) is 134 cm³/mol. The van der Waals surface area contributed by atoms with E-state index in [1.807, 2.05) is 36.4 Å². The van der Waals surface area contributed by atoms with Crippen LogP contribution in [0.2, 0.25) is 0 Å². The van der Waals surface area contributed by atoms with Gasteiger partial charge in [0.15, 0.2) is 0 Å². The maximum Gasteiger partial charge on any atom is 0.233 e. The zero-order valence-corrected chi connectivity index (χ0v) is 19.4. The third kappa shape index (κ3) is 4.72. The first-order valence-corrected chi connectivity index (χ1v) is 11.8. The molecular weight excluding hydrogens is 460 g/mol. The second-order valence-corrected chi connectivity index (χ2v) is 9.05. The maximum atomic E-state index is 13.5. The normalized spacial score (nSPS) is 18.1. The van der Waals surface area contributed by atoms with Crippen LogP contribution < -0.4 is 4.90 Å². The van der Waals surface area contributed by atoms with E-state index in [2.05, 4.69) is 0 Å². The highest BCUT2D eigenvalue weighted by molar-refractivity contribution is 6.03. The summed E-state index contributed by atoms with van der Waals surface area (Å²) in [6.07, 6.45) is -0.0170. The Kier molecular flexibility index (Phi) is 6.53. The van der Waals surface area contributed by atoms with E-state index in [1.165, 1.54) is 24.3 Å². The third-order valence-electron chi connectivity index (χ3n) is 6.78. The van der Waals surface area contributed by atoms with Crippen LogP contribution in [0.15, 0.2) is 97.1 Å². The minimum Gasteiger partial charge on any atom is -0.508 e. The number of benzene rings is 4. The molecule has 0 aromatic heterocycles. The SMILES string of the molecule is O=C1[C@H](CC[C@H](O)c2ccc(F)cc2)[C@@H](c2ccc(-c3ccc(O)cc3)cc2)N1c1ccc(F)cc1. The number of amides is 1. The molecule has 0 bridgehead atoms. The summed E-state index contributed by atoms with van der Waals surface area (Å²) in [5.74, 6) is -0.986. The van der Waals surface area contributed by atoms with Gasteiger partial charge in [0.25, 0.3) is 0 Å². The van der Waals surface area contributed by atoms with E-state index < -0.39 is 6.10 Å². The van der Waals surface area contributed by atoms with Gasteiger partial charge in [0.1, 0.15) is 17.4 Å². The van der Waals surface area contributed by atoms with Crippen LogP contribution in [0.25, 0.3) is 11.1 Å². The summed E-state index contributed by atoms with van der Waals surface area (Å²) in [5.41, 5.74) is 4.08. The van der Waals surface area contributed by atoms with Gasteiger partial charge >= 0.3 is 0 Å². The van der Waals surface area contributed by atoms with Crippen molar-refractivity contribution in [2.75, 3.05) is 4.90 Å². The van der Waals surface area contributed by atoms with Crippen molar-refractivity contribution in [1.29, 1.82) is 0 Å². The van der Waals surface area contributed by atoms with E-state index in [0.717, 1.165) is 16.7 Å². The van der Waals surface area contributed by atoms with E-state index in [4.69, 9.17) is 0 Å². The molecule has 1 saturated heterocycles. The monoisotopic (exact) mass is 485 g/mol. The number of rotatable bonds is 7. The van der Waals surface area contributed by atoms with Gasteiger partial charge in [-0.05, 0) is 83.6 Å². The fraction of sp³-hybridized carbons (Fsp3) is 0.167. The van der Waals surface area contributed by atoms with E-state index in [-0.39, 0.29) is 35.3 Å². The smallest absolute Gasteiger partial charge is 0.233 e. The Hall–Kier alpha value is -4.03. The lowest BCUT2D eigenvalue weighted by Crippen LogP contribution is -2.55. The summed E-state index contributed by atoms with van der Waals surface area (Å²) in [4.78, 5) is 14.9. The molecule has 3 atom stereocenters. The number of aliphatic hydroxyl groups is 1. The Morgan fingerprint density at radius 2 is 1.28 bits per heavy atom. The molecule has 0 saturated carbocycles. The molecule has 4 aromatic rings. The van der Waals surface area contributed by atoms with Crippen molar-refractivity contribution < 1.29 is 23.8 Å². The van der Waals surface area contributed by atoms with Crippen LogP contribution in [-0.4, -0.2) is 16.1 Å². The first-order chi connectivity index (χ1) is 17.4. The van der Waals surface area contributed by atoms with Crippen molar-refractivity contribution in [3.63, 3.8) is 0 Å². The van der Waals surface area contributed by atoms with Crippen LogP contribution in [-0.2, 0) is 4.79 Å². The quantitative estimate of drug-likeness (QED) is 0.292. The Bertz CT molecular complexity index is 1340. The molecule has 1 aliphatic rings. The molecule has 36 heavy (non-hydrogen) atoms. The fourth-order valence-corrected chi connectivity index (χ4v) is 4.82. The number of β-lactam (4-membered cyclic amide) rings is 1. The molecule has 182 valence electrons. The average Bonchev–Trinajstić information content (AvgIpc) is 2.89. The van der Waals surface area contributed by atoms with Crippen LogP contribution in [0.4, 0.5) is 14.5 Å². The van der Waals surface area contributed by atoms with Gasteiger partial charge in [0, 0.05) is 5.69 Å². The molecule has 2 N–H and O–H groups in total. The molecule has 4 nitrogen and oxygen atoms in total. The second kappa shape index (κ2) is 9.91. The summed E-state index contributed by atoms with van der Waals surface area (Å²) < 4.78 is 26.8. The molecular formula is C30H25F2NO3. The molecule has 1 heterocycles. The standard InChI is InChI=1S/C30H25F2NO3/c31-23-9-5-21(6-10-23)28(35)18-17-27-29(33(30(27)36)25-13-11-24(32)12-14-25)22-3-1-19(2-4-22)20-7-15-26(34)16-8-20/h1-16,27-29,34-35H,17-18H2/t27-,28+,29-/m1/s1. The summed E-state index contributed by atoms with van der Waals surface area (Å²) in [5, 5.41) is 20.2. The Balaban J connectivity index is 1.39. The van der Waals surface area contributed by atoms with Gasteiger partial charge in [0.05, 0.1) is 18.1 Å². The van der Waals surface area contributed by atoms with Crippen LogP contribution in [0, 0.1) is 17.6 Å². The molecule has 0 spiro atoms. The maximum absolute atomic E-state index is 13.5. The van der Waals surface area contributed by atoms with E-state index in [1.54, 1.807) is 41.3 Å². The molecule has 5 rings (SSSR count). The number of anilines is 1. The number of hydrogen-bond acceptors (Lipinski definition) is 3. The molecule has 6 heteroatoms. The second-order valence-electron chi connectivity index (χ2n) is 9.05. The van der Waals surface area contributed by atoms with Crippen LogP contribution in [0.1, 0.15) is 36.1 Å². The fourth-order valence-electron chi connectivity index (χ4n) is 4.82. The zero-order chi connectivity index (χ0) is 25.2. The molecule has 1 aliphatic heterocycles. The number of carbonyl (C=O) groups excluding carboxylic acids is 1. The molecule has 0 radical (unpaired) electrons. The number of hydrogen-bond donors (Lipinski definition) is 2. The third-order valence-corrected chi connectivity index (χ3v) is 6.78. The first kappa shape index (κ1) is 23.7. The average molecular weight is 486 g/mol. The lowest BCUT2D eigenvalue weighted by molar-refractivity contribution is -0.131. The predicted octanol–water partition coefficient (Wildman–Crippen LogP) is 6.56. The van der Waals surface area contributed by atoms with Crippen LogP contribution in [0.3, 0.4) is 0 Å². The van der Waals surface area contributed by atoms with Gasteiger partial charge in [0.2, 0.25) is 5.91 Å². The molecule has 1 amide bonds. The summed E-state index contributed by atoms with van der Waals surface area (Å²) in [6.45, 7) is 0. The van der Waals surface area contributed by atoms with Gasteiger partial charge in [-0.15, -0.1) is 0 Å². The molecule has 0 aliphatic carbocycles. The summed E-state index contributed by atoms with van der Waals surface area (Å²) in [6, 6.07) is 26.1. The Morgan fingerprint density at radius 3 is 1.86 bits per heavy atom. The number of nitrogens with zero attached hydrogens (tertiary/aromatic N) is 1. The molecule has 4 aromatic carbocycles.